The Kier molecular flexibility index (Phi) is 6.24. The Morgan fingerprint density at radius 2 is 2.20 bits per heavy atom. The van der Waals surface area contributed by atoms with E-state index in [9.17, 15) is 14.9 Å². The number of imidazole rings is 1. The molecule has 0 aliphatic carbocycles. The first-order valence-corrected chi connectivity index (χ1v) is 7.99. The number of aromatic nitrogens is 2. The average molecular weight is 346 g/mol. The lowest BCUT2D eigenvalue weighted by Crippen LogP contribution is -2.36. The number of carbonyl (C=O) groups excluding carboxylic acids is 1. The van der Waals surface area contributed by atoms with Crippen LogP contribution in [0.4, 0.5) is 5.69 Å². The second kappa shape index (κ2) is 8.39. The Balaban J connectivity index is 2.35. The van der Waals surface area contributed by atoms with Crippen LogP contribution < -0.4 is 0 Å². The molecule has 25 heavy (non-hydrogen) atoms. The summed E-state index contributed by atoms with van der Waals surface area (Å²) in [7, 11) is 1.57. The van der Waals surface area contributed by atoms with Crippen LogP contribution in [0.5, 0.6) is 0 Å². The Labute approximate surface area is 146 Å². The van der Waals surface area contributed by atoms with Crippen molar-refractivity contribution in [3.05, 3.63) is 52.6 Å². The van der Waals surface area contributed by atoms with E-state index < -0.39 is 4.92 Å². The lowest BCUT2D eigenvalue weighted by Gasteiger charge is -2.24. The van der Waals surface area contributed by atoms with Crippen molar-refractivity contribution in [3.8, 4) is 5.69 Å². The summed E-state index contributed by atoms with van der Waals surface area (Å²) in [5.74, 6) is 0.0343. The van der Waals surface area contributed by atoms with Gasteiger partial charge in [-0.05, 0) is 18.1 Å². The fraction of sp³-hybridized carbons (Fsp3) is 0.412. The summed E-state index contributed by atoms with van der Waals surface area (Å²) in [6, 6.07) is 4.49. The van der Waals surface area contributed by atoms with Crippen LogP contribution in [0.3, 0.4) is 0 Å². The number of hydrogen-bond donors (Lipinski definition) is 0. The molecule has 1 heterocycles. The average Bonchev–Trinajstić information content (AvgIpc) is 3.11. The van der Waals surface area contributed by atoms with Gasteiger partial charge in [-0.2, -0.15) is 0 Å². The van der Waals surface area contributed by atoms with E-state index in [-0.39, 0.29) is 23.1 Å². The number of ether oxygens (including phenoxy) is 1. The number of carbonyl (C=O) groups is 1. The van der Waals surface area contributed by atoms with E-state index in [4.69, 9.17) is 4.74 Å². The molecule has 0 saturated carbocycles. The highest BCUT2D eigenvalue weighted by molar-refractivity contribution is 5.95. The standard InChI is InChI=1S/C17H22N4O4/c1-13(2)11-19(8-9-25-3)17(22)14-4-5-15(16(10-14)21(23)24)20-7-6-18-12-20/h4-7,10,12-13H,8-9,11H2,1-3H3. The molecule has 0 saturated heterocycles. The molecule has 0 aliphatic rings. The van der Waals surface area contributed by atoms with Crippen molar-refractivity contribution in [2.24, 2.45) is 5.92 Å². The summed E-state index contributed by atoms with van der Waals surface area (Å²) in [5.41, 5.74) is 0.513. The van der Waals surface area contributed by atoms with Crippen LogP contribution in [-0.4, -0.2) is 52.1 Å². The van der Waals surface area contributed by atoms with Gasteiger partial charge in [0.05, 0.1) is 17.9 Å². The topological polar surface area (TPSA) is 90.5 Å². The predicted octanol–water partition coefficient (Wildman–Crippen LogP) is 2.53. The molecular weight excluding hydrogens is 324 g/mol. The molecule has 8 nitrogen and oxygen atoms in total. The van der Waals surface area contributed by atoms with Crippen LogP contribution in [0, 0.1) is 16.0 Å². The number of rotatable bonds is 8. The lowest BCUT2D eigenvalue weighted by molar-refractivity contribution is -0.384. The highest BCUT2D eigenvalue weighted by Gasteiger charge is 2.22. The van der Waals surface area contributed by atoms with Crippen molar-refractivity contribution >= 4 is 11.6 Å². The smallest absolute Gasteiger partial charge is 0.294 e. The minimum Gasteiger partial charge on any atom is -0.383 e. The van der Waals surface area contributed by atoms with Crippen LogP contribution in [0.1, 0.15) is 24.2 Å². The van der Waals surface area contributed by atoms with E-state index in [2.05, 4.69) is 4.98 Å². The Morgan fingerprint density at radius 3 is 2.76 bits per heavy atom. The van der Waals surface area contributed by atoms with Gasteiger partial charge in [-0.1, -0.05) is 13.8 Å². The lowest BCUT2D eigenvalue weighted by atomic mass is 10.1. The van der Waals surface area contributed by atoms with Crippen LogP contribution in [-0.2, 0) is 4.74 Å². The van der Waals surface area contributed by atoms with Gasteiger partial charge in [-0.3, -0.25) is 14.9 Å². The van der Waals surface area contributed by atoms with Crippen molar-refractivity contribution in [1.82, 2.24) is 14.5 Å². The summed E-state index contributed by atoms with van der Waals surface area (Å²) in [4.78, 5) is 29.3. The maximum absolute atomic E-state index is 12.8. The van der Waals surface area contributed by atoms with E-state index >= 15 is 0 Å². The molecule has 1 aromatic carbocycles. The normalized spacial score (nSPS) is 10.9. The van der Waals surface area contributed by atoms with Crippen LogP contribution in [0.15, 0.2) is 36.9 Å². The monoisotopic (exact) mass is 346 g/mol. The number of nitro groups is 1. The van der Waals surface area contributed by atoms with Gasteiger partial charge in [-0.25, -0.2) is 4.98 Å². The zero-order valence-electron chi connectivity index (χ0n) is 14.6. The van der Waals surface area contributed by atoms with Crippen molar-refractivity contribution in [2.45, 2.75) is 13.8 Å². The number of nitro benzene ring substituents is 1. The van der Waals surface area contributed by atoms with E-state index in [1.54, 1.807) is 34.9 Å². The molecular formula is C17H22N4O4. The number of methoxy groups -OCH3 is 1. The van der Waals surface area contributed by atoms with Gasteiger partial charge in [0.25, 0.3) is 11.6 Å². The quantitative estimate of drug-likeness (QED) is 0.541. The van der Waals surface area contributed by atoms with Gasteiger partial charge >= 0.3 is 0 Å². The molecule has 0 atom stereocenters. The number of nitrogens with zero attached hydrogens (tertiary/aromatic N) is 4. The molecule has 0 unspecified atom stereocenters. The molecule has 1 aromatic heterocycles. The van der Waals surface area contributed by atoms with Gasteiger partial charge in [0.1, 0.15) is 5.69 Å². The highest BCUT2D eigenvalue weighted by atomic mass is 16.6. The molecule has 0 fully saturated rings. The molecule has 1 amide bonds. The molecule has 0 radical (unpaired) electrons. The van der Waals surface area contributed by atoms with E-state index in [1.807, 2.05) is 13.8 Å². The Bertz CT molecular complexity index is 728. The number of benzene rings is 1. The van der Waals surface area contributed by atoms with Crippen LogP contribution >= 0.6 is 0 Å². The Morgan fingerprint density at radius 1 is 1.44 bits per heavy atom. The summed E-state index contributed by atoms with van der Waals surface area (Å²) in [6.45, 7) is 5.42. The first-order chi connectivity index (χ1) is 11.9. The molecule has 0 spiro atoms. The number of hydrogen-bond acceptors (Lipinski definition) is 5. The second-order valence-corrected chi connectivity index (χ2v) is 6.07. The number of amides is 1. The molecule has 0 N–H and O–H groups in total. The van der Waals surface area contributed by atoms with Crippen molar-refractivity contribution in [2.75, 3.05) is 26.8 Å². The zero-order chi connectivity index (χ0) is 18.4. The minimum atomic E-state index is -0.492. The first kappa shape index (κ1) is 18.6. The van der Waals surface area contributed by atoms with Gasteiger partial charge in [0.15, 0.2) is 0 Å². The fourth-order valence-electron chi connectivity index (χ4n) is 2.52. The largest absolute Gasteiger partial charge is 0.383 e. The minimum absolute atomic E-state index is 0.139. The SMILES string of the molecule is COCCN(CC(C)C)C(=O)c1ccc(-n2ccnc2)c([N+](=O)[O-])c1. The van der Waals surface area contributed by atoms with Crippen molar-refractivity contribution < 1.29 is 14.5 Å². The van der Waals surface area contributed by atoms with E-state index in [0.29, 0.717) is 25.4 Å². The van der Waals surface area contributed by atoms with Crippen molar-refractivity contribution in [1.29, 1.82) is 0 Å². The molecule has 2 rings (SSSR count). The maximum Gasteiger partial charge on any atom is 0.294 e. The predicted molar refractivity (Wildman–Crippen MR) is 92.8 cm³/mol. The summed E-state index contributed by atoms with van der Waals surface area (Å²) < 4.78 is 6.60. The maximum atomic E-state index is 12.8. The molecule has 2 aromatic rings. The third-order valence-corrected chi connectivity index (χ3v) is 3.64. The zero-order valence-corrected chi connectivity index (χ0v) is 14.6. The third-order valence-electron chi connectivity index (χ3n) is 3.64. The second-order valence-electron chi connectivity index (χ2n) is 6.07. The van der Waals surface area contributed by atoms with Crippen LogP contribution in [0.2, 0.25) is 0 Å². The Hall–Kier alpha value is -2.74. The van der Waals surface area contributed by atoms with E-state index in [1.165, 1.54) is 18.6 Å². The first-order valence-electron chi connectivity index (χ1n) is 7.99. The highest BCUT2D eigenvalue weighted by Crippen LogP contribution is 2.25. The molecule has 0 aliphatic heterocycles. The van der Waals surface area contributed by atoms with Gasteiger partial charge in [0.2, 0.25) is 0 Å². The molecule has 134 valence electrons. The van der Waals surface area contributed by atoms with Gasteiger partial charge < -0.3 is 14.2 Å². The fourth-order valence-corrected chi connectivity index (χ4v) is 2.52. The van der Waals surface area contributed by atoms with Crippen LogP contribution in [0.25, 0.3) is 5.69 Å². The van der Waals surface area contributed by atoms with Crippen molar-refractivity contribution in [3.63, 3.8) is 0 Å². The van der Waals surface area contributed by atoms with E-state index in [0.717, 1.165) is 0 Å². The van der Waals surface area contributed by atoms with Gasteiger partial charge in [0, 0.05) is 44.2 Å². The molecule has 0 bridgehead atoms. The third kappa shape index (κ3) is 4.63. The molecule has 8 heteroatoms. The van der Waals surface area contributed by atoms with Gasteiger partial charge in [-0.15, -0.1) is 0 Å². The summed E-state index contributed by atoms with van der Waals surface area (Å²) in [6.07, 6.45) is 4.64. The summed E-state index contributed by atoms with van der Waals surface area (Å²) in [5, 5.41) is 11.4. The summed E-state index contributed by atoms with van der Waals surface area (Å²) >= 11 is 0.